The van der Waals surface area contributed by atoms with E-state index in [9.17, 15) is 13.2 Å². The lowest BCUT2D eigenvalue weighted by Gasteiger charge is -2.08. The van der Waals surface area contributed by atoms with Crippen LogP contribution in [0.5, 0.6) is 0 Å². The lowest BCUT2D eigenvalue weighted by molar-refractivity contribution is 0.0950. The summed E-state index contributed by atoms with van der Waals surface area (Å²) >= 11 is 0. The molecule has 0 saturated heterocycles. The quantitative estimate of drug-likeness (QED) is 0.641. The highest BCUT2D eigenvalue weighted by Gasteiger charge is 2.22. The van der Waals surface area contributed by atoms with Gasteiger partial charge in [0.05, 0.1) is 0 Å². The largest absolute Gasteiger partial charge is 0.524 e. The normalized spacial score (nSPS) is 10.9. The molecule has 0 bridgehead atoms. The van der Waals surface area contributed by atoms with Crippen LogP contribution in [0, 0.1) is 6.92 Å². The zero-order valence-electron chi connectivity index (χ0n) is 11.4. The molecule has 0 atom stereocenters. The molecule has 0 aliphatic heterocycles. The number of carbonyl (C=O) groups is 1. The fourth-order valence-corrected chi connectivity index (χ4v) is 2.74. The zero-order chi connectivity index (χ0) is 15.3. The molecule has 0 heterocycles. The van der Waals surface area contributed by atoms with Crippen LogP contribution in [0.15, 0.2) is 59.5 Å². The number of rotatable bonds is 4. The summed E-state index contributed by atoms with van der Waals surface area (Å²) in [6.45, 7) is 1.56. The van der Waals surface area contributed by atoms with Gasteiger partial charge >= 0.3 is 16.3 Å². The maximum Gasteiger partial charge on any atom is 0.524 e. The lowest BCUT2D eigenvalue weighted by atomic mass is 10.2. The van der Waals surface area contributed by atoms with E-state index in [0.717, 1.165) is 5.56 Å². The summed E-state index contributed by atoms with van der Waals surface area (Å²) in [5, 5.41) is 0. The van der Waals surface area contributed by atoms with Crippen LogP contribution in [-0.4, -0.2) is 14.6 Å². The summed E-state index contributed by atoms with van der Waals surface area (Å²) in [6, 6.07) is 15.1. The third-order valence-corrected chi connectivity index (χ3v) is 4.09. The van der Waals surface area contributed by atoms with E-state index in [4.69, 9.17) is 4.74 Å². The minimum atomic E-state index is -4.17. The van der Waals surface area contributed by atoms with E-state index in [2.05, 4.69) is 4.18 Å². The second kappa shape index (κ2) is 6.41. The molecular formula is C15H14O5S. The summed E-state index contributed by atoms with van der Waals surface area (Å²) in [6.07, 6.45) is -1.25. The van der Waals surface area contributed by atoms with Crippen LogP contribution >= 0.6 is 0 Å². The van der Waals surface area contributed by atoms with E-state index >= 15 is 0 Å². The predicted octanol–water partition coefficient (Wildman–Crippen LogP) is 3.04. The van der Waals surface area contributed by atoms with Gasteiger partial charge in [-0.15, -0.1) is 0 Å². The first-order chi connectivity index (χ1) is 9.99. The molecule has 0 fully saturated rings. The molecule has 6 heteroatoms. The summed E-state index contributed by atoms with van der Waals surface area (Å²) in [5.74, 6) is 0. The first-order valence-corrected chi connectivity index (χ1v) is 7.61. The van der Waals surface area contributed by atoms with Crippen LogP contribution in [0.3, 0.4) is 0 Å². The Morgan fingerprint density at radius 1 is 1.00 bits per heavy atom. The Labute approximate surface area is 123 Å². The molecule has 2 rings (SSSR count). The molecule has 0 aliphatic rings. The molecule has 0 aromatic heterocycles. The van der Waals surface area contributed by atoms with Gasteiger partial charge in [0.2, 0.25) is 0 Å². The molecule has 0 radical (unpaired) electrons. The van der Waals surface area contributed by atoms with Gasteiger partial charge in [0.15, 0.2) is 0 Å². The predicted molar refractivity (Wildman–Crippen MR) is 76.1 cm³/mol. The average Bonchev–Trinajstić information content (AvgIpc) is 2.46. The minimum Gasteiger partial charge on any atom is -0.429 e. The van der Waals surface area contributed by atoms with Crippen LogP contribution in [0.4, 0.5) is 4.79 Å². The third kappa shape index (κ3) is 4.06. The molecule has 0 spiro atoms. The van der Waals surface area contributed by atoms with Crippen molar-refractivity contribution in [2.24, 2.45) is 0 Å². The fourth-order valence-electron chi connectivity index (χ4n) is 1.71. The zero-order valence-corrected chi connectivity index (χ0v) is 12.2. The minimum absolute atomic E-state index is 0.0526. The first kappa shape index (κ1) is 15.1. The highest BCUT2D eigenvalue weighted by molar-refractivity contribution is 7.87. The van der Waals surface area contributed by atoms with Gasteiger partial charge in [-0.1, -0.05) is 48.5 Å². The highest BCUT2D eigenvalue weighted by Crippen LogP contribution is 2.17. The molecule has 0 unspecified atom stereocenters. The van der Waals surface area contributed by atoms with E-state index in [1.165, 1.54) is 6.07 Å². The van der Waals surface area contributed by atoms with Crippen molar-refractivity contribution in [3.8, 4) is 0 Å². The monoisotopic (exact) mass is 306 g/mol. The Balaban J connectivity index is 2.01. The van der Waals surface area contributed by atoms with Crippen LogP contribution in [0.2, 0.25) is 0 Å². The molecule has 2 aromatic carbocycles. The third-order valence-electron chi connectivity index (χ3n) is 2.74. The molecule has 2 aromatic rings. The summed E-state index contributed by atoms with van der Waals surface area (Å²) in [7, 11) is -4.17. The Bertz CT molecular complexity index is 723. The van der Waals surface area contributed by atoms with Gasteiger partial charge < -0.3 is 8.92 Å². The van der Waals surface area contributed by atoms with Crippen molar-refractivity contribution in [3.05, 3.63) is 65.7 Å². The smallest absolute Gasteiger partial charge is 0.429 e. The molecule has 0 saturated carbocycles. The van der Waals surface area contributed by atoms with Crippen molar-refractivity contribution >= 4 is 16.3 Å². The molecule has 5 nitrogen and oxygen atoms in total. The Kier molecular flexibility index (Phi) is 4.59. The molecule has 21 heavy (non-hydrogen) atoms. The molecule has 110 valence electrons. The van der Waals surface area contributed by atoms with Gasteiger partial charge in [-0.25, -0.2) is 4.79 Å². The number of carbonyl (C=O) groups excluding carboxylic acids is 1. The van der Waals surface area contributed by atoms with Crippen molar-refractivity contribution in [1.82, 2.24) is 0 Å². The summed E-state index contributed by atoms with van der Waals surface area (Å²) in [5.41, 5.74) is 1.23. The van der Waals surface area contributed by atoms with Crippen LogP contribution in [-0.2, 0) is 25.6 Å². The maximum atomic E-state index is 12.0. The first-order valence-electron chi connectivity index (χ1n) is 6.20. The maximum absolute atomic E-state index is 12.0. The Morgan fingerprint density at radius 2 is 1.62 bits per heavy atom. The number of hydrogen-bond donors (Lipinski definition) is 0. The standard InChI is InChI=1S/C15H14O5S/c1-12-7-5-6-10-14(12)21(17,18)20-15(16)19-11-13-8-3-2-4-9-13/h2-10H,11H2,1H3. The van der Waals surface area contributed by atoms with E-state index < -0.39 is 16.3 Å². The van der Waals surface area contributed by atoms with Crippen molar-refractivity contribution in [1.29, 1.82) is 0 Å². The van der Waals surface area contributed by atoms with Crippen molar-refractivity contribution < 1.29 is 22.1 Å². The van der Waals surface area contributed by atoms with Crippen molar-refractivity contribution in [2.75, 3.05) is 0 Å². The highest BCUT2D eigenvalue weighted by atomic mass is 32.2. The molecule has 0 aliphatic carbocycles. The topological polar surface area (TPSA) is 69.7 Å². The van der Waals surface area contributed by atoms with Gasteiger partial charge in [-0.2, -0.15) is 8.42 Å². The second-order valence-electron chi connectivity index (χ2n) is 4.33. The van der Waals surface area contributed by atoms with Gasteiger partial charge in [0, 0.05) is 0 Å². The molecule has 0 N–H and O–H groups in total. The van der Waals surface area contributed by atoms with Crippen LogP contribution in [0.25, 0.3) is 0 Å². The van der Waals surface area contributed by atoms with Crippen LogP contribution < -0.4 is 0 Å². The lowest BCUT2D eigenvalue weighted by Crippen LogP contribution is -2.15. The van der Waals surface area contributed by atoms with E-state index in [0.29, 0.717) is 5.56 Å². The van der Waals surface area contributed by atoms with Crippen molar-refractivity contribution in [3.63, 3.8) is 0 Å². The second-order valence-corrected chi connectivity index (χ2v) is 5.84. The van der Waals surface area contributed by atoms with E-state index in [1.54, 1.807) is 49.4 Å². The van der Waals surface area contributed by atoms with Gasteiger partial charge in [0.1, 0.15) is 11.5 Å². The molecule has 0 amide bonds. The number of benzene rings is 2. The molecular weight excluding hydrogens is 292 g/mol. The van der Waals surface area contributed by atoms with E-state index in [-0.39, 0.29) is 11.5 Å². The number of aryl methyl sites for hydroxylation is 1. The van der Waals surface area contributed by atoms with Gasteiger partial charge in [-0.05, 0) is 24.1 Å². The van der Waals surface area contributed by atoms with Gasteiger partial charge in [-0.3, -0.25) is 0 Å². The Hall–Kier alpha value is -2.34. The van der Waals surface area contributed by atoms with E-state index in [1.807, 2.05) is 6.07 Å². The fraction of sp³-hybridized carbons (Fsp3) is 0.133. The Morgan fingerprint density at radius 3 is 2.29 bits per heavy atom. The number of hydrogen-bond acceptors (Lipinski definition) is 5. The van der Waals surface area contributed by atoms with Crippen molar-refractivity contribution in [2.45, 2.75) is 18.4 Å². The summed E-state index contributed by atoms with van der Waals surface area (Å²) < 4.78 is 33.1. The number of ether oxygens (including phenoxy) is 1. The SMILES string of the molecule is Cc1ccccc1S(=O)(=O)OC(=O)OCc1ccccc1. The average molecular weight is 306 g/mol. The summed E-state index contributed by atoms with van der Waals surface area (Å²) in [4.78, 5) is 11.4. The van der Waals surface area contributed by atoms with Gasteiger partial charge in [0.25, 0.3) is 0 Å². The van der Waals surface area contributed by atoms with Crippen LogP contribution in [0.1, 0.15) is 11.1 Å².